The molecular weight excluding hydrogens is 362 g/mol. The smallest absolute Gasteiger partial charge is 0.346 e. The van der Waals surface area contributed by atoms with Gasteiger partial charge in [0.15, 0.2) is 11.6 Å². The minimum absolute atomic E-state index is 0.0329. The van der Waals surface area contributed by atoms with E-state index in [1.54, 1.807) is 18.2 Å². The van der Waals surface area contributed by atoms with Crippen LogP contribution in [0.1, 0.15) is 9.67 Å². The first-order valence-corrected chi connectivity index (χ1v) is 7.99. The highest BCUT2D eigenvalue weighted by Crippen LogP contribution is 2.43. The zero-order valence-electron chi connectivity index (χ0n) is 11.7. The molecule has 0 atom stereocenters. The van der Waals surface area contributed by atoms with Crippen molar-refractivity contribution in [3.8, 4) is 16.9 Å². The summed E-state index contributed by atoms with van der Waals surface area (Å²) in [5.41, 5.74) is 0.416. The molecule has 0 fully saturated rings. The van der Waals surface area contributed by atoms with Gasteiger partial charge in [-0.25, -0.2) is 9.18 Å². The Morgan fingerprint density at radius 1 is 1.26 bits per heavy atom. The van der Waals surface area contributed by atoms with Gasteiger partial charge in [0.25, 0.3) is 0 Å². The van der Waals surface area contributed by atoms with Gasteiger partial charge >= 0.3 is 5.97 Å². The molecule has 23 heavy (non-hydrogen) atoms. The number of carbonyl (C=O) groups is 1. The number of carboxylic acid groups (broad SMARTS) is 1. The monoisotopic (exact) mass is 370 g/mol. The van der Waals surface area contributed by atoms with E-state index < -0.39 is 11.8 Å². The van der Waals surface area contributed by atoms with Gasteiger partial charge in [-0.1, -0.05) is 29.3 Å². The molecule has 0 bridgehead atoms. The van der Waals surface area contributed by atoms with Gasteiger partial charge in [0.2, 0.25) is 0 Å². The molecule has 2 aromatic carbocycles. The normalized spacial score (nSPS) is 11.0. The molecule has 0 aliphatic carbocycles. The van der Waals surface area contributed by atoms with Crippen LogP contribution in [0.5, 0.6) is 5.75 Å². The summed E-state index contributed by atoms with van der Waals surface area (Å²) in [5, 5.41) is 10.7. The Kier molecular flexibility index (Phi) is 4.19. The van der Waals surface area contributed by atoms with Crippen LogP contribution < -0.4 is 4.74 Å². The third kappa shape index (κ3) is 2.65. The number of methoxy groups -OCH3 is 1. The third-order valence-electron chi connectivity index (χ3n) is 3.37. The zero-order valence-corrected chi connectivity index (χ0v) is 14.0. The van der Waals surface area contributed by atoms with Crippen molar-refractivity contribution in [3.63, 3.8) is 0 Å². The van der Waals surface area contributed by atoms with Crippen LogP contribution in [-0.2, 0) is 0 Å². The van der Waals surface area contributed by atoms with Crippen molar-refractivity contribution < 1.29 is 19.0 Å². The lowest BCUT2D eigenvalue weighted by Crippen LogP contribution is -1.98. The van der Waals surface area contributed by atoms with Crippen molar-refractivity contribution in [2.24, 2.45) is 0 Å². The Bertz CT molecular complexity index is 937. The van der Waals surface area contributed by atoms with Gasteiger partial charge in [-0.3, -0.25) is 0 Å². The molecule has 3 nitrogen and oxygen atoms in total. The number of rotatable bonds is 3. The second-order valence-electron chi connectivity index (χ2n) is 4.69. The zero-order chi connectivity index (χ0) is 16.7. The van der Waals surface area contributed by atoms with E-state index in [1.807, 2.05) is 0 Å². The molecule has 1 heterocycles. The second-order valence-corrected chi connectivity index (χ2v) is 6.59. The van der Waals surface area contributed by atoms with Crippen LogP contribution in [0.25, 0.3) is 21.2 Å². The van der Waals surface area contributed by atoms with Gasteiger partial charge in [0, 0.05) is 26.2 Å². The highest BCUT2D eigenvalue weighted by molar-refractivity contribution is 7.21. The first-order chi connectivity index (χ1) is 10.9. The quantitative estimate of drug-likeness (QED) is 0.640. The molecule has 0 saturated heterocycles. The fraction of sp³-hybridized carbons (Fsp3) is 0.0625. The van der Waals surface area contributed by atoms with Gasteiger partial charge in [-0.05, 0) is 24.3 Å². The van der Waals surface area contributed by atoms with Crippen molar-refractivity contribution >= 4 is 50.6 Å². The van der Waals surface area contributed by atoms with E-state index in [4.69, 9.17) is 27.9 Å². The predicted molar refractivity (Wildman–Crippen MR) is 90.8 cm³/mol. The largest absolute Gasteiger partial charge is 0.492 e. The Balaban J connectivity index is 2.40. The molecule has 1 N–H and O–H groups in total. The standard InChI is InChI=1S/C16H9Cl2FO3S/c1-22-14-10(18)5-4-9(13(14)19)12-8-3-2-7(17)6-11(8)23-15(12)16(20)21/h2-6H,1H3,(H,20,21). The molecule has 0 aliphatic heterocycles. The maximum Gasteiger partial charge on any atom is 0.346 e. The second kappa shape index (κ2) is 6.00. The summed E-state index contributed by atoms with van der Waals surface area (Å²) in [5.74, 6) is -1.95. The Morgan fingerprint density at radius 3 is 2.65 bits per heavy atom. The number of halogens is 3. The minimum Gasteiger partial charge on any atom is -0.492 e. The molecule has 118 valence electrons. The van der Waals surface area contributed by atoms with Crippen molar-refractivity contribution in [2.45, 2.75) is 0 Å². The number of aromatic carboxylic acids is 1. The van der Waals surface area contributed by atoms with E-state index in [1.165, 1.54) is 19.2 Å². The third-order valence-corrected chi connectivity index (χ3v) is 5.04. The molecule has 3 aromatic rings. The van der Waals surface area contributed by atoms with Gasteiger partial charge < -0.3 is 9.84 Å². The molecule has 0 aliphatic rings. The maximum atomic E-state index is 14.7. The molecule has 0 amide bonds. The SMILES string of the molecule is COc1c(Cl)ccc(-c2c(C(=O)O)sc3cc(Cl)ccc23)c1F. The van der Waals surface area contributed by atoms with E-state index in [-0.39, 0.29) is 21.2 Å². The summed E-state index contributed by atoms with van der Waals surface area (Å²) in [6.07, 6.45) is 0. The van der Waals surface area contributed by atoms with Crippen LogP contribution >= 0.6 is 34.5 Å². The average Bonchev–Trinajstić information content (AvgIpc) is 2.86. The van der Waals surface area contributed by atoms with E-state index >= 15 is 0 Å². The van der Waals surface area contributed by atoms with Crippen LogP contribution in [0.4, 0.5) is 4.39 Å². The summed E-state index contributed by atoms with van der Waals surface area (Å²) in [6.45, 7) is 0. The predicted octanol–water partition coefficient (Wildman–Crippen LogP) is 5.72. The van der Waals surface area contributed by atoms with E-state index in [9.17, 15) is 14.3 Å². The summed E-state index contributed by atoms with van der Waals surface area (Å²) < 4.78 is 20.4. The summed E-state index contributed by atoms with van der Waals surface area (Å²) in [6, 6.07) is 7.89. The number of fused-ring (bicyclic) bond motifs is 1. The van der Waals surface area contributed by atoms with Crippen LogP contribution in [0.15, 0.2) is 30.3 Å². The van der Waals surface area contributed by atoms with Crippen molar-refractivity contribution in [3.05, 3.63) is 51.1 Å². The van der Waals surface area contributed by atoms with Crippen molar-refractivity contribution in [1.82, 2.24) is 0 Å². The lowest BCUT2D eigenvalue weighted by atomic mass is 10.0. The first-order valence-electron chi connectivity index (χ1n) is 6.41. The van der Waals surface area contributed by atoms with Gasteiger partial charge in [0.1, 0.15) is 4.88 Å². The van der Waals surface area contributed by atoms with E-state index in [2.05, 4.69) is 0 Å². The number of thiophene rings is 1. The van der Waals surface area contributed by atoms with E-state index in [0.717, 1.165) is 11.3 Å². The van der Waals surface area contributed by atoms with Crippen molar-refractivity contribution in [2.75, 3.05) is 7.11 Å². The number of ether oxygens (including phenoxy) is 1. The lowest BCUT2D eigenvalue weighted by Gasteiger charge is -2.10. The summed E-state index contributed by atoms with van der Waals surface area (Å²) in [4.78, 5) is 11.6. The molecule has 3 rings (SSSR count). The number of carboxylic acids is 1. The Labute approximate surface area is 144 Å². The molecule has 1 aromatic heterocycles. The number of benzene rings is 2. The fourth-order valence-electron chi connectivity index (χ4n) is 2.40. The number of hydrogen-bond acceptors (Lipinski definition) is 3. The Morgan fingerprint density at radius 2 is 2.00 bits per heavy atom. The van der Waals surface area contributed by atoms with Gasteiger partial charge in [-0.2, -0.15) is 0 Å². The summed E-state index contributed by atoms with van der Waals surface area (Å²) in [7, 11) is 1.30. The molecule has 0 saturated carbocycles. The maximum absolute atomic E-state index is 14.7. The van der Waals surface area contributed by atoms with Crippen LogP contribution in [0, 0.1) is 5.82 Å². The highest BCUT2D eigenvalue weighted by Gasteiger charge is 2.24. The van der Waals surface area contributed by atoms with Gasteiger partial charge in [0.05, 0.1) is 12.1 Å². The topological polar surface area (TPSA) is 46.5 Å². The Hall–Kier alpha value is -1.82. The number of hydrogen-bond donors (Lipinski definition) is 1. The summed E-state index contributed by atoms with van der Waals surface area (Å²) >= 11 is 12.9. The lowest BCUT2D eigenvalue weighted by molar-refractivity contribution is 0.0703. The molecule has 0 spiro atoms. The van der Waals surface area contributed by atoms with E-state index in [0.29, 0.717) is 20.7 Å². The van der Waals surface area contributed by atoms with Crippen molar-refractivity contribution in [1.29, 1.82) is 0 Å². The fourth-order valence-corrected chi connectivity index (χ4v) is 3.96. The minimum atomic E-state index is -1.13. The van der Waals surface area contributed by atoms with Gasteiger partial charge in [-0.15, -0.1) is 11.3 Å². The highest BCUT2D eigenvalue weighted by atomic mass is 35.5. The van der Waals surface area contributed by atoms with Crippen LogP contribution in [0.2, 0.25) is 10.0 Å². The van der Waals surface area contributed by atoms with Crippen LogP contribution in [-0.4, -0.2) is 18.2 Å². The first kappa shape index (κ1) is 16.1. The molecular formula is C16H9Cl2FO3S. The molecule has 0 unspecified atom stereocenters. The molecule has 7 heteroatoms. The van der Waals surface area contributed by atoms with Crippen LogP contribution in [0.3, 0.4) is 0 Å². The molecule has 0 radical (unpaired) electrons. The average molecular weight is 371 g/mol.